The van der Waals surface area contributed by atoms with Crippen LogP contribution < -0.4 is 20.1 Å². The average Bonchev–Trinajstić information content (AvgIpc) is 3.13. The number of rotatable bonds is 10. The Labute approximate surface area is 172 Å². The number of thioether (sulfide) groups is 1. The molecular formula is C18H24N4O4S2. The zero-order chi connectivity index (χ0) is 20.5. The number of nitrogens with zero attached hydrogens (tertiary/aromatic N) is 2. The summed E-state index contributed by atoms with van der Waals surface area (Å²) in [5.41, 5.74) is 0.396. The lowest BCUT2D eigenvalue weighted by Gasteiger charge is -2.09. The molecule has 0 spiro atoms. The topological polar surface area (TPSA) is 102 Å². The Balaban J connectivity index is 1.81. The molecular weight excluding hydrogens is 400 g/mol. The van der Waals surface area contributed by atoms with E-state index in [-0.39, 0.29) is 24.8 Å². The molecule has 1 unspecified atom stereocenters. The molecule has 1 atom stereocenters. The number of hydrogen-bond acceptors (Lipinski definition) is 8. The van der Waals surface area contributed by atoms with Gasteiger partial charge in [-0.15, -0.1) is 10.2 Å². The minimum atomic E-state index is -0.312. The molecule has 28 heavy (non-hydrogen) atoms. The average molecular weight is 425 g/mol. The number of aromatic nitrogens is 2. The van der Waals surface area contributed by atoms with E-state index >= 15 is 0 Å². The fraction of sp³-hybridized carbons (Fsp3) is 0.444. The lowest BCUT2D eigenvalue weighted by molar-refractivity contribution is -0.116. The van der Waals surface area contributed by atoms with Crippen molar-refractivity contribution in [3.05, 3.63) is 23.8 Å². The van der Waals surface area contributed by atoms with Gasteiger partial charge >= 0.3 is 0 Å². The van der Waals surface area contributed by atoms with Crippen LogP contribution in [0.15, 0.2) is 22.5 Å². The Bertz CT molecular complexity index is 790. The molecule has 0 saturated heterocycles. The Morgan fingerprint density at radius 2 is 1.86 bits per heavy atom. The predicted octanol–water partition coefficient (Wildman–Crippen LogP) is 3.20. The lowest BCUT2D eigenvalue weighted by atomic mass is 10.2. The summed E-state index contributed by atoms with van der Waals surface area (Å²) < 4.78 is 11.1. The van der Waals surface area contributed by atoms with Gasteiger partial charge in [0.15, 0.2) is 4.34 Å². The fourth-order valence-corrected chi connectivity index (χ4v) is 4.09. The van der Waals surface area contributed by atoms with Gasteiger partial charge in [0.25, 0.3) is 5.91 Å². The zero-order valence-corrected chi connectivity index (χ0v) is 17.9. The number of benzene rings is 1. The Morgan fingerprint density at radius 1 is 1.18 bits per heavy atom. The normalized spacial score (nSPS) is 11.6. The molecule has 1 heterocycles. The van der Waals surface area contributed by atoms with Crippen molar-refractivity contribution in [3.63, 3.8) is 0 Å². The molecule has 2 rings (SSSR count). The van der Waals surface area contributed by atoms with Gasteiger partial charge in [0, 0.05) is 29.8 Å². The van der Waals surface area contributed by atoms with Gasteiger partial charge in [-0.1, -0.05) is 36.9 Å². The first-order valence-corrected chi connectivity index (χ1v) is 10.5. The number of carbonyl (C=O) groups excluding carboxylic acids is 2. The van der Waals surface area contributed by atoms with Crippen molar-refractivity contribution in [3.8, 4) is 11.5 Å². The third-order valence-electron chi connectivity index (χ3n) is 3.78. The van der Waals surface area contributed by atoms with Gasteiger partial charge in [0.1, 0.15) is 11.5 Å². The molecule has 10 heteroatoms. The molecule has 8 nitrogen and oxygen atoms in total. The third kappa shape index (κ3) is 6.68. The fourth-order valence-electron chi connectivity index (χ4n) is 2.08. The van der Waals surface area contributed by atoms with Gasteiger partial charge in [0.05, 0.1) is 14.2 Å². The molecule has 2 N–H and O–H groups in total. The first-order chi connectivity index (χ1) is 13.4. The lowest BCUT2D eigenvalue weighted by Crippen LogP contribution is -2.27. The molecule has 2 aromatic rings. The van der Waals surface area contributed by atoms with Crippen molar-refractivity contribution in [2.75, 3.05) is 26.1 Å². The Morgan fingerprint density at radius 3 is 2.46 bits per heavy atom. The van der Waals surface area contributed by atoms with E-state index in [0.29, 0.717) is 27.4 Å². The monoisotopic (exact) mass is 424 g/mol. The first kappa shape index (κ1) is 22.0. The molecule has 0 saturated carbocycles. The molecule has 0 bridgehead atoms. The van der Waals surface area contributed by atoms with Crippen LogP contribution in [-0.4, -0.2) is 48.0 Å². The van der Waals surface area contributed by atoms with Gasteiger partial charge in [-0.2, -0.15) is 0 Å². The number of carbonyl (C=O) groups is 2. The molecule has 0 aliphatic rings. The van der Waals surface area contributed by atoms with Crippen molar-refractivity contribution in [2.45, 2.75) is 36.3 Å². The number of hydrogen-bond donors (Lipinski definition) is 2. The number of methoxy groups -OCH3 is 2. The largest absolute Gasteiger partial charge is 0.497 e. The zero-order valence-electron chi connectivity index (χ0n) is 16.3. The Hall–Kier alpha value is -2.33. The SMILES string of the molecule is CCC(C)Sc1nnc(NC(=O)CCNC(=O)c2cc(OC)cc(OC)c2)s1. The maximum absolute atomic E-state index is 12.3. The summed E-state index contributed by atoms with van der Waals surface area (Å²) in [7, 11) is 3.03. The van der Waals surface area contributed by atoms with E-state index in [1.54, 1.807) is 30.0 Å². The van der Waals surface area contributed by atoms with Gasteiger partial charge < -0.3 is 20.1 Å². The van der Waals surface area contributed by atoms with Crippen LogP contribution >= 0.6 is 23.1 Å². The van der Waals surface area contributed by atoms with Gasteiger partial charge in [-0.3, -0.25) is 9.59 Å². The van der Waals surface area contributed by atoms with Crippen molar-refractivity contribution in [2.24, 2.45) is 0 Å². The number of anilines is 1. The number of amides is 2. The van der Waals surface area contributed by atoms with E-state index in [1.807, 2.05) is 0 Å². The molecule has 0 radical (unpaired) electrons. The molecule has 0 aliphatic carbocycles. The van der Waals surface area contributed by atoms with Crippen LogP contribution in [0, 0.1) is 0 Å². The van der Waals surface area contributed by atoms with Crippen LogP contribution in [0.25, 0.3) is 0 Å². The molecule has 2 amide bonds. The first-order valence-electron chi connectivity index (χ1n) is 8.76. The summed E-state index contributed by atoms with van der Waals surface area (Å²) in [5, 5.41) is 14.4. The maximum Gasteiger partial charge on any atom is 0.251 e. The van der Waals surface area contributed by atoms with Crippen LogP contribution in [0.3, 0.4) is 0 Å². The van der Waals surface area contributed by atoms with Crippen molar-refractivity contribution in [1.82, 2.24) is 15.5 Å². The third-order valence-corrected chi connectivity index (χ3v) is 5.97. The van der Waals surface area contributed by atoms with Gasteiger partial charge in [-0.05, 0) is 18.6 Å². The van der Waals surface area contributed by atoms with E-state index in [0.717, 1.165) is 10.8 Å². The molecule has 1 aromatic heterocycles. The summed E-state index contributed by atoms with van der Waals surface area (Å²) >= 11 is 2.98. The highest BCUT2D eigenvalue weighted by atomic mass is 32.2. The quantitative estimate of drug-likeness (QED) is 0.446. The number of nitrogens with one attached hydrogen (secondary N) is 2. The predicted molar refractivity (Wildman–Crippen MR) is 111 cm³/mol. The minimum Gasteiger partial charge on any atom is -0.497 e. The van der Waals surface area contributed by atoms with E-state index in [1.165, 1.54) is 25.6 Å². The number of ether oxygens (including phenoxy) is 2. The van der Waals surface area contributed by atoms with Gasteiger partial charge in [-0.25, -0.2) is 0 Å². The van der Waals surface area contributed by atoms with Crippen LogP contribution in [0.4, 0.5) is 5.13 Å². The second kappa shape index (κ2) is 10.9. The van der Waals surface area contributed by atoms with E-state index < -0.39 is 0 Å². The smallest absolute Gasteiger partial charge is 0.251 e. The molecule has 0 aliphatic heterocycles. The highest BCUT2D eigenvalue weighted by Gasteiger charge is 2.13. The summed E-state index contributed by atoms with van der Waals surface area (Å²) in [6, 6.07) is 4.89. The molecule has 0 fully saturated rings. The van der Waals surface area contributed by atoms with Crippen molar-refractivity contribution in [1.29, 1.82) is 0 Å². The molecule has 152 valence electrons. The highest BCUT2D eigenvalue weighted by Crippen LogP contribution is 2.29. The molecule has 1 aromatic carbocycles. The highest BCUT2D eigenvalue weighted by molar-refractivity contribution is 8.01. The van der Waals surface area contributed by atoms with E-state index in [9.17, 15) is 9.59 Å². The maximum atomic E-state index is 12.3. The van der Waals surface area contributed by atoms with Crippen molar-refractivity contribution < 1.29 is 19.1 Å². The minimum absolute atomic E-state index is 0.125. The van der Waals surface area contributed by atoms with E-state index in [2.05, 4.69) is 34.7 Å². The van der Waals surface area contributed by atoms with Crippen LogP contribution in [0.1, 0.15) is 37.0 Å². The van der Waals surface area contributed by atoms with Gasteiger partial charge in [0.2, 0.25) is 11.0 Å². The standard InChI is InChI=1S/C18H24N4O4S2/c1-5-11(2)27-18-22-21-17(28-18)20-15(23)6-7-19-16(24)12-8-13(25-3)10-14(9-12)26-4/h8-11H,5-7H2,1-4H3,(H,19,24)(H,20,21,23). The second-order valence-electron chi connectivity index (χ2n) is 5.87. The van der Waals surface area contributed by atoms with Crippen molar-refractivity contribution >= 4 is 40.0 Å². The summed E-state index contributed by atoms with van der Waals surface area (Å²) in [6.45, 7) is 4.42. The Kier molecular flexibility index (Phi) is 8.52. The van der Waals surface area contributed by atoms with E-state index in [4.69, 9.17) is 9.47 Å². The summed E-state index contributed by atoms with van der Waals surface area (Å²) in [6.07, 6.45) is 1.16. The summed E-state index contributed by atoms with van der Waals surface area (Å²) in [5.74, 6) is 0.488. The van der Waals surface area contributed by atoms with Crippen LogP contribution in [0.2, 0.25) is 0 Å². The van der Waals surface area contributed by atoms with Crippen LogP contribution in [-0.2, 0) is 4.79 Å². The summed E-state index contributed by atoms with van der Waals surface area (Å²) in [4.78, 5) is 24.3. The second-order valence-corrected chi connectivity index (χ2v) is 8.53. The van der Waals surface area contributed by atoms with Crippen LogP contribution in [0.5, 0.6) is 11.5 Å².